The van der Waals surface area contributed by atoms with Crippen molar-refractivity contribution in [2.75, 3.05) is 6.67 Å². The van der Waals surface area contributed by atoms with Crippen molar-refractivity contribution in [2.45, 2.75) is 38.3 Å². The molecule has 3 unspecified atom stereocenters. The van der Waals surface area contributed by atoms with Crippen molar-refractivity contribution in [1.29, 1.82) is 0 Å². The Morgan fingerprint density at radius 1 is 1.22 bits per heavy atom. The van der Waals surface area contributed by atoms with E-state index in [9.17, 15) is 4.79 Å². The van der Waals surface area contributed by atoms with E-state index in [2.05, 4.69) is 12.2 Å². The van der Waals surface area contributed by atoms with Gasteiger partial charge in [0, 0.05) is 6.04 Å². The normalized spacial score (nSPS) is 32.2. The minimum Gasteiger partial charge on any atom is -0.325 e. The van der Waals surface area contributed by atoms with Crippen LogP contribution >= 0.6 is 0 Å². The first-order chi connectivity index (χ1) is 8.75. The number of rotatable bonds is 2. The van der Waals surface area contributed by atoms with Gasteiger partial charge in [0.05, 0.1) is 6.67 Å². The minimum absolute atomic E-state index is 0.137. The van der Waals surface area contributed by atoms with Crippen LogP contribution in [0.25, 0.3) is 0 Å². The number of carbonyl (C=O) groups excluding carboxylic acids is 1. The van der Waals surface area contributed by atoms with E-state index < -0.39 is 0 Å². The lowest BCUT2D eigenvalue weighted by Gasteiger charge is -2.23. The number of amides is 1. The van der Waals surface area contributed by atoms with Crippen LogP contribution in [-0.4, -0.2) is 23.5 Å². The van der Waals surface area contributed by atoms with Gasteiger partial charge in [-0.05, 0) is 30.7 Å². The Hall–Kier alpha value is -1.35. The fourth-order valence-corrected chi connectivity index (χ4v) is 3.20. The molecule has 0 bridgehead atoms. The molecule has 1 aromatic carbocycles. The smallest absolute Gasteiger partial charge is 0.245 e. The second kappa shape index (κ2) is 4.73. The fourth-order valence-electron chi connectivity index (χ4n) is 3.20. The van der Waals surface area contributed by atoms with E-state index in [1.807, 2.05) is 35.2 Å². The van der Waals surface area contributed by atoms with Crippen LogP contribution in [0.4, 0.5) is 0 Å². The van der Waals surface area contributed by atoms with Gasteiger partial charge in [-0.3, -0.25) is 10.1 Å². The molecule has 96 valence electrons. The predicted molar refractivity (Wildman–Crippen MR) is 70.8 cm³/mol. The lowest BCUT2D eigenvalue weighted by atomic mass is 10.1. The molecule has 1 N–H and O–H groups in total. The summed E-state index contributed by atoms with van der Waals surface area (Å²) in [4.78, 5) is 14.5. The molecule has 2 fully saturated rings. The predicted octanol–water partition coefficient (Wildman–Crippen LogP) is 2.31. The van der Waals surface area contributed by atoms with Crippen LogP contribution in [0.5, 0.6) is 0 Å². The molecule has 1 heterocycles. The molecule has 18 heavy (non-hydrogen) atoms. The maximum absolute atomic E-state index is 12.5. The lowest BCUT2D eigenvalue weighted by Crippen LogP contribution is -2.35. The number of benzene rings is 1. The summed E-state index contributed by atoms with van der Waals surface area (Å²) in [5, 5.41) is 3.34. The van der Waals surface area contributed by atoms with Gasteiger partial charge in [-0.15, -0.1) is 0 Å². The monoisotopic (exact) mass is 244 g/mol. The third-order valence-corrected chi connectivity index (χ3v) is 4.24. The molecule has 2 aliphatic rings. The first-order valence-corrected chi connectivity index (χ1v) is 6.84. The van der Waals surface area contributed by atoms with Gasteiger partial charge in [0.2, 0.25) is 5.91 Å². The molecular formula is C15H20N2O. The molecule has 3 nitrogen and oxygen atoms in total. The van der Waals surface area contributed by atoms with E-state index in [4.69, 9.17) is 0 Å². The summed E-state index contributed by atoms with van der Waals surface area (Å²) in [5.41, 5.74) is 1.08. The Labute approximate surface area is 108 Å². The molecular weight excluding hydrogens is 224 g/mol. The SMILES string of the molecule is CC1CCC(N2CNC(c3ccccc3)C2=O)C1. The third-order valence-electron chi connectivity index (χ3n) is 4.24. The molecule has 1 saturated carbocycles. The van der Waals surface area contributed by atoms with E-state index in [0.717, 1.165) is 24.3 Å². The molecule has 0 aromatic heterocycles. The lowest BCUT2D eigenvalue weighted by molar-refractivity contribution is -0.130. The Morgan fingerprint density at radius 3 is 2.67 bits per heavy atom. The number of nitrogens with zero attached hydrogens (tertiary/aromatic N) is 1. The third kappa shape index (κ3) is 2.03. The van der Waals surface area contributed by atoms with Crippen molar-refractivity contribution in [3.8, 4) is 0 Å². The minimum atomic E-state index is -0.137. The molecule has 1 saturated heterocycles. The molecule has 3 heteroatoms. The maximum Gasteiger partial charge on any atom is 0.245 e. The zero-order chi connectivity index (χ0) is 12.5. The quantitative estimate of drug-likeness (QED) is 0.866. The Balaban J connectivity index is 1.73. The first kappa shape index (κ1) is 11.7. The summed E-state index contributed by atoms with van der Waals surface area (Å²) in [6, 6.07) is 10.3. The number of hydrogen-bond acceptors (Lipinski definition) is 2. The van der Waals surface area contributed by atoms with Gasteiger partial charge in [0.1, 0.15) is 6.04 Å². The van der Waals surface area contributed by atoms with Gasteiger partial charge >= 0.3 is 0 Å². The molecule has 3 rings (SSSR count). The summed E-state index contributed by atoms with van der Waals surface area (Å²) < 4.78 is 0. The number of hydrogen-bond donors (Lipinski definition) is 1. The molecule has 1 aliphatic heterocycles. The van der Waals surface area contributed by atoms with Crippen molar-refractivity contribution in [2.24, 2.45) is 5.92 Å². The Kier molecular flexibility index (Phi) is 3.08. The van der Waals surface area contributed by atoms with E-state index in [0.29, 0.717) is 12.7 Å². The zero-order valence-electron chi connectivity index (χ0n) is 10.8. The van der Waals surface area contributed by atoms with Crippen molar-refractivity contribution >= 4 is 5.91 Å². The molecule has 1 aromatic rings. The van der Waals surface area contributed by atoms with E-state index in [1.54, 1.807) is 0 Å². The van der Waals surface area contributed by atoms with Crippen LogP contribution in [0.3, 0.4) is 0 Å². The van der Waals surface area contributed by atoms with Crippen LogP contribution in [0.1, 0.15) is 37.8 Å². The summed E-state index contributed by atoms with van der Waals surface area (Å²) in [7, 11) is 0. The van der Waals surface area contributed by atoms with Crippen LogP contribution in [-0.2, 0) is 4.79 Å². The largest absolute Gasteiger partial charge is 0.325 e. The van der Waals surface area contributed by atoms with E-state index in [1.165, 1.54) is 6.42 Å². The fraction of sp³-hybridized carbons (Fsp3) is 0.533. The summed E-state index contributed by atoms with van der Waals surface area (Å²) in [6.45, 7) is 2.98. The highest BCUT2D eigenvalue weighted by Gasteiger charge is 2.38. The molecule has 0 radical (unpaired) electrons. The van der Waals surface area contributed by atoms with Crippen LogP contribution in [0.15, 0.2) is 30.3 Å². The van der Waals surface area contributed by atoms with Crippen molar-refractivity contribution in [1.82, 2.24) is 10.2 Å². The molecule has 3 atom stereocenters. The van der Waals surface area contributed by atoms with Crippen molar-refractivity contribution < 1.29 is 4.79 Å². The van der Waals surface area contributed by atoms with Gasteiger partial charge in [-0.1, -0.05) is 37.3 Å². The van der Waals surface area contributed by atoms with Crippen molar-refractivity contribution in [3.05, 3.63) is 35.9 Å². The molecule has 0 spiro atoms. The second-order valence-corrected chi connectivity index (χ2v) is 5.59. The maximum atomic E-state index is 12.5. The molecule has 1 amide bonds. The molecule has 1 aliphatic carbocycles. The van der Waals surface area contributed by atoms with E-state index in [-0.39, 0.29) is 11.9 Å². The van der Waals surface area contributed by atoms with Gasteiger partial charge < -0.3 is 4.90 Å². The summed E-state index contributed by atoms with van der Waals surface area (Å²) in [6.07, 6.45) is 3.58. The average molecular weight is 244 g/mol. The highest BCUT2D eigenvalue weighted by molar-refractivity contribution is 5.85. The average Bonchev–Trinajstić information content (AvgIpc) is 2.97. The topological polar surface area (TPSA) is 32.3 Å². The van der Waals surface area contributed by atoms with Crippen molar-refractivity contribution in [3.63, 3.8) is 0 Å². The van der Waals surface area contributed by atoms with Gasteiger partial charge in [-0.2, -0.15) is 0 Å². The van der Waals surface area contributed by atoms with Crippen LogP contribution in [0.2, 0.25) is 0 Å². The standard InChI is InChI=1S/C15H20N2O/c1-11-7-8-13(9-11)17-10-16-14(15(17)18)12-5-3-2-4-6-12/h2-6,11,13-14,16H,7-10H2,1H3. The highest BCUT2D eigenvalue weighted by Crippen LogP contribution is 2.32. The van der Waals surface area contributed by atoms with Gasteiger partial charge in [0.25, 0.3) is 0 Å². The van der Waals surface area contributed by atoms with Gasteiger partial charge in [0.15, 0.2) is 0 Å². The first-order valence-electron chi connectivity index (χ1n) is 6.84. The van der Waals surface area contributed by atoms with E-state index >= 15 is 0 Å². The second-order valence-electron chi connectivity index (χ2n) is 5.59. The Bertz CT molecular complexity index is 431. The zero-order valence-corrected chi connectivity index (χ0v) is 10.8. The highest BCUT2D eigenvalue weighted by atomic mass is 16.2. The Morgan fingerprint density at radius 2 is 2.00 bits per heavy atom. The van der Waals surface area contributed by atoms with Gasteiger partial charge in [-0.25, -0.2) is 0 Å². The van der Waals surface area contributed by atoms with Crippen LogP contribution < -0.4 is 5.32 Å². The van der Waals surface area contributed by atoms with Crippen LogP contribution in [0, 0.1) is 5.92 Å². The summed E-state index contributed by atoms with van der Waals surface area (Å²) in [5.74, 6) is 1.01. The number of nitrogens with one attached hydrogen (secondary N) is 1. The summed E-state index contributed by atoms with van der Waals surface area (Å²) >= 11 is 0. The number of carbonyl (C=O) groups is 1.